The van der Waals surface area contributed by atoms with E-state index in [9.17, 15) is 13.2 Å². The number of sulfonamides is 1. The Bertz CT molecular complexity index is 659. The highest BCUT2D eigenvalue weighted by atomic mass is 32.2. The number of carboxylic acid groups (broad SMARTS) is 1. The van der Waals surface area contributed by atoms with Crippen molar-refractivity contribution in [1.82, 2.24) is 4.31 Å². The molecule has 1 saturated heterocycles. The normalized spacial score (nSPS) is 19.1. The zero-order valence-electron chi connectivity index (χ0n) is 12.1. The summed E-state index contributed by atoms with van der Waals surface area (Å²) >= 11 is 0. The van der Waals surface area contributed by atoms with Crippen molar-refractivity contribution in [2.24, 2.45) is 5.41 Å². The van der Waals surface area contributed by atoms with Crippen molar-refractivity contribution in [1.29, 1.82) is 0 Å². The first-order valence-electron chi connectivity index (χ1n) is 6.72. The van der Waals surface area contributed by atoms with E-state index in [1.54, 1.807) is 12.1 Å². The van der Waals surface area contributed by atoms with Crippen LogP contribution in [0.2, 0.25) is 0 Å². The van der Waals surface area contributed by atoms with Crippen LogP contribution in [0.25, 0.3) is 6.08 Å². The van der Waals surface area contributed by atoms with Gasteiger partial charge in [-0.15, -0.1) is 0 Å². The van der Waals surface area contributed by atoms with Gasteiger partial charge >= 0.3 is 5.97 Å². The lowest BCUT2D eigenvalue weighted by Gasteiger charge is -2.19. The van der Waals surface area contributed by atoms with Gasteiger partial charge in [0.05, 0.1) is 4.90 Å². The SMILES string of the molecule is CC1(C)CCN(S(=O)(=O)c2ccc(/C=C/C(=O)O)cc2)C1. The smallest absolute Gasteiger partial charge is 0.328 e. The van der Waals surface area contributed by atoms with Crippen LogP contribution in [0.5, 0.6) is 0 Å². The van der Waals surface area contributed by atoms with E-state index in [1.165, 1.54) is 22.5 Å². The molecule has 0 aromatic heterocycles. The monoisotopic (exact) mass is 309 g/mol. The van der Waals surface area contributed by atoms with Crippen molar-refractivity contribution >= 4 is 22.1 Å². The number of hydrogen-bond donors (Lipinski definition) is 1. The van der Waals surface area contributed by atoms with E-state index in [4.69, 9.17) is 5.11 Å². The fourth-order valence-corrected chi connectivity index (χ4v) is 3.96. The van der Waals surface area contributed by atoms with Crippen LogP contribution < -0.4 is 0 Å². The fourth-order valence-electron chi connectivity index (χ4n) is 2.34. The number of rotatable bonds is 4. The Hall–Kier alpha value is -1.66. The van der Waals surface area contributed by atoms with Gasteiger partial charge in [0.1, 0.15) is 0 Å². The second-order valence-electron chi connectivity index (χ2n) is 5.99. The van der Waals surface area contributed by atoms with Gasteiger partial charge in [-0.3, -0.25) is 0 Å². The molecular formula is C15H19NO4S. The molecule has 21 heavy (non-hydrogen) atoms. The molecule has 1 aromatic carbocycles. The Morgan fingerprint density at radius 1 is 1.29 bits per heavy atom. The van der Waals surface area contributed by atoms with Crippen LogP contribution in [0, 0.1) is 5.41 Å². The molecule has 2 rings (SSSR count). The lowest BCUT2D eigenvalue weighted by molar-refractivity contribution is -0.131. The maximum Gasteiger partial charge on any atom is 0.328 e. The van der Waals surface area contributed by atoms with Crippen molar-refractivity contribution in [3.63, 3.8) is 0 Å². The van der Waals surface area contributed by atoms with E-state index in [2.05, 4.69) is 13.8 Å². The van der Waals surface area contributed by atoms with Crippen molar-refractivity contribution < 1.29 is 18.3 Å². The highest BCUT2D eigenvalue weighted by molar-refractivity contribution is 7.89. The summed E-state index contributed by atoms with van der Waals surface area (Å²) in [5.41, 5.74) is 0.662. The van der Waals surface area contributed by atoms with Crippen molar-refractivity contribution in [2.45, 2.75) is 25.2 Å². The van der Waals surface area contributed by atoms with Crippen LogP contribution in [0.1, 0.15) is 25.8 Å². The minimum atomic E-state index is -3.46. The molecule has 1 aliphatic rings. The maximum atomic E-state index is 12.5. The summed E-state index contributed by atoms with van der Waals surface area (Å²) in [6.07, 6.45) is 3.30. The molecule has 1 aromatic rings. The topological polar surface area (TPSA) is 74.7 Å². The van der Waals surface area contributed by atoms with Gasteiger partial charge in [0.15, 0.2) is 0 Å². The third-order valence-corrected chi connectivity index (χ3v) is 5.44. The Balaban J connectivity index is 2.20. The largest absolute Gasteiger partial charge is 0.478 e. The molecule has 5 nitrogen and oxygen atoms in total. The third kappa shape index (κ3) is 3.71. The molecule has 114 valence electrons. The average Bonchev–Trinajstić information content (AvgIpc) is 2.78. The summed E-state index contributed by atoms with van der Waals surface area (Å²) in [5.74, 6) is -1.04. The summed E-state index contributed by atoms with van der Waals surface area (Å²) in [5, 5.41) is 8.56. The first kappa shape index (κ1) is 15.7. The molecule has 0 amide bonds. The van der Waals surface area contributed by atoms with Crippen LogP contribution in [0.3, 0.4) is 0 Å². The summed E-state index contributed by atoms with van der Waals surface area (Å²) in [6.45, 7) is 5.18. The van der Waals surface area contributed by atoms with Crippen LogP contribution in [0.15, 0.2) is 35.2 Å². The predicted molar refractivity (Wildman–Crippen MR) is 80.3 cm³/mol. The zero-order valence-corrected chi connectivity index (χ0v) is 12.9. The quantitative estimate of drug-likeness (QED) is 0.865. The average molecular weight is 309 g/mol. The van der Waals surface area contributed by atoms with E-state index in [-0.39, 0.29) is 10.3 Å². The number of carbonyl (C=O) groups is 1. The number of aliphatic carboxylic acids is 1. The summed E-state index contributed by atoms with van der Waals surface area (Å²) < 4.78 is 26.5. The molecule has 0 bridgehead atoms. The highest BCUT2D eigenvalue weighted by Crippen LogP contribution is 2.32. The lowest BCUT2D eigenvalue weighted by Crippen LogP contribution is -2.30. The minimum absolute atomic E-state index is 0.0111. The van der Waals surface area contributed by atoms with E-state index in [1.807, 2.05) is 0 Å². The van der Waals surface area contributed by atoms with Gasteiger partial charge < -0.3 is 5.11 Å². The second kappa shape index (κ2) is 5.61. The minimum Gasteiger partial charge on any atom is -0.478 e. The fraction of sp³-hybridized carbons (Fsp3) is 0.400. The molecule has 0 saturated carbocycles. The Morgan fingerprint density at radius 2 is 1.90 bits per heavy atom. The van der Waals surface area contributed by atoms with Gasteiger partial charge in [-0.1, -0.05) is 26.0 Å². The summed E-state index contributed by atoms with van der Waals surface area (Å²) in [7, 11) is -3.46. The molecule has 6 heteroatoms. The molecule has 1 N–H and O–H groups in total. The number of benzene rings is 1. The molecule has 1 fully saturated rings. The molecule has 0 spiro atoms. The van der Waals surface area contributed by atoms with Crippen LogP contribution in [0.4, 0.5) is 0 Å². The van der Waals surface area contributed by atoms with Crippen LogP contribution >= 0.6 is 0 Å². The number of carboxylic acids is 1. The van der Waals surface area contributed by atoms with Gasteiger partial charge in [-0.2, -0.15) is 4.31 Å². The first-order valence-corrected chi connectivity index (χ1v) is 8.16. The molecular weight excluding hydrogens is 290 g/mol. The van der Waals surface area contributed by atoms with E-state index >= 15 is 0 Å². The molecule has 0 aliphatic carbocycles. The molecule has 0 radical (unpaired) electrons. The van der Waals surface area contributed by atoms with Crippen LogP contribution in [-0.2, 0) is 14.8 Å². The van der Waals surface area contributed by atoms with Gasteiger partial charge in [0.25, 0.3) is 0 Å². The summed E-state index contributed by atoms with van der Waals surface area (Å²) in [4.78, 5) is 10.7. The molecule has 1 heterocycles. The zero-order chi connectivity index (χ0) is 15.7. The summed E-state index contributed by atoms with van der Waals surface area (Å²) in [6, 6.07) is 6.24. The van der Waals surface area contributed by atoms with Gasteiger partial charge in [0.2, 0.25) is 10.0 Å². The molecule has 1 aliphatic heterocycles. The van der Waals surface area contributed by atoms with E-state index in [0.717, 1.165) is 12.5 Å². The lowest BCUT2D eigenvalue weighted by atomic mass is 9.93. The van der Waals surface area contributed by atoms with Crippen molar-refractivity contribution in [3.05, 3.63) is 35.9 Å². The third-order valence-electron chi connectivity index (χ3n) is 3.58. The van der Waals surface area contributed by atoms with E-state index in [0.29, 0.717) is 18.7 Å². The Labute approximate surface area is 124 Å². The van der Waals surface area contributed by atoms with Gasteiger partial charge in [0, 0.05) is 19.2 Å². The molecule has 0 unspecified atom stereocenters. The highest BCUT2D eigenvalue weighted by Gasteiger charge is 2.36. The van der Waals surface area contributed by atoms with E-state index < -0.39 is 16.0 Å². The number of nitrogens with zero attached hydrogens (tertiary/aromatic N) is 1. The maximum absolute atomic E-state index is 12.5. The van der Waals surface area contributed by atoms with Gasteiger partial charge in [-0.25, -0.2) is 13.2 Å². The van der Waals surface area contributed by atoms with Crippen molar-refractivity contribution in [2.75, 3.05) is 13.1 Å². The van der Waals surface area contributed by atoms with Crippen LogP contribution in [-0.4, -0.2) is 36.9 Å². The molecule has 0 atom stereocenters. The Morgan fingerprint density at radius 3 is 2.38 bits per heavy atom. The first-order chi connectivity index (χ1) is 9.71. The second-order valence-corrected chi connectivity index (χ2v) is 7.93. The predicted octanol–water partition coefficient (Wildman–Crippen LogP) is 2.21. The Kier molecular flexibility index (Phi) is 4.20. The number of hydrogen-bond acceptors (Lipinski definition) is 3. The van der Waals surface area contributed by atoms with Crippen molar-refractivity contribution in [3.8, 4) is 0 Å². The van der Waals surface area contributed by atoms with Gasteiger partial charge in [-0.05, 0) is 35.6 Å². The standard InChI is InChI=1S/C15H19NO4S/c1-15(2)9-10-16(11-15)21(19,20)13-6-3-12(4-7-13)5-8-14(17)18/h3-8H,9-11H2,1-2H3,(H,17,18)/b8-5+.